The predicted octanol–water partition coefficient (Wildman–Crippen LogP) is 4.77. The Bertz CT molecular complexity index is 1280. The molecule has 0 spiro atoms. The molecule has 0 saturated carbocycles. The quantitative estimate of drug-likeness (QED) is 0.322. The number of hydrogen-bond donors (Lipinski definition) is 2. The number of aromatic nitrogens is 1. The monoisotopic (exact) mass is 535 g/mol. The summed E-state index contributed by atoms with van der Waals surface area (Å²) in [5.74, 6) is -0.216. The highest BCUT2D eigenvalue weighted by Crippen LogP contribution is 2.39. The normalized spacial score (nSPS) is 14.5. The number of aliphatic hydroxyl groups excluding tert-OH is 1. The molecule has 2 aromatic carbocycles. The van der Waals surface area contributed by atoms with Crippen molar-refractivity contribution in [3.05, 3.63) is 82.2 Å². The Hall–Kier alpha value is -3.78. The Kier molecular flexibility index (Phi) is 8.97. The first-order chi connectivity index (χ1) is 18.7. The molecular formula is C31H37NO7. The summed E-state index contributed by atoms with van der Waals surface area (Å²) in [6.45, 7) is 4.19. The van der Waals surface area contributed by atoms with Crippen LogP contribution in [0.25, 0.3) is 0 Å². The third kappa shape index (κ3) is 6.45. The van der Waals surface area contributed by atoms with Gasteiger partial charge in [-0.05, 0) is 73.4 Å². The first kappa shape index (κ1) is 28.2. The molecule has 4 rings (SSSR count). The number of carboxylic acid groups (broad SMARTS) is 1. The molecule has 1 aliphatic rings. The second kappa shape index (κ2) is 12.4. The summed E-state index contributed by atoms with van der Waals surface area (Å²) >= 11 is 0. The smallest absolute Gasteiger partial charge is 0.339 e. The van der Waals surface area contributed by atoms with Crippen LogP contribution in [0.4, 0.5) is 0 Å². The van der Waals surface area contributed by atoms with E-state index < -0.39 is 18.0 Å². The van der Waals surface area contributed by atoms with Crippen LogP contribution >= 0.6 is 0 Å². The zero-order valence-electron chi connectivity index (χ0n) is 23.0. The van der Waals surface area contributed by atoms with Gasteiger partial charge in [0.1, 0.15) is 11.5 Å². The zero-order valence-corrected chi connectivity index (χ0v) is 23.0. The van der Waals surface area contributed by atoms with Gasteiger partial charge < -0.3 is 29.0 Å². The van der Waals surface area contributed by atoms with Crippen LogP contribution in [0, 0.1) is 18.8 Å². The Balaban J connectivity index is 1.67. The maximum absolute atomic E-state index is 12.6. The minimum Gasteiger partial charge on any atom is -0.496 e. The lowest BCUT2D eigenvalue weighted by atomic mass is 9.85. The Morgan fingerprint density at radius 1 is 1.05 bits per heavy atom. The molecule has 0 unspecified atom stereocenters. The largest absolute Gasteiger partial charge is 0.496 e. The molecule has 2 atom stereocenters. The molecule has 208 valence electrons. The van der Waals surface area contributed by atoms with Gasteiger partial charge in [-0.25, -0.2) is 4.79 Å². The summed E-state index contributed by atoms with van der Waals surface area (Å²) in [6.07, 6.45) is 4.77. The third-order valence-electron chi connectivity index (χ3n) is 7.58. The van der Waals surface area contributed by atoms with Gasteiger partial charge in [0, 0.05) is 30.4 Å². The third-order valence-corrected chi connectivity index (χ3v) is 7.58. The van der Waals surface area contributed by atoms with Crippen molar-refractivity contribution in [3.63, 3.8) is 0 Å². The molecule has 1 aromatic heterocycles. The van der Waals surface area contributed by atoms with E-state index in [1.807, 2.05) is 23.6 Å². The number of fused-ring (bicyclic) bond motifs is 1. The number of aliphatic hydroxyl groups is 1. The van der Waals surface area contributed by atoms with Gasteiger partial charge in [-0.15, -0.1) is 0 Å². The van der Waals surface area contributed by atoms with Crippen molar-refractivity contribution in [1.29, 1.82) is 0 Å². The van der Waals surface area contributed by atoms with E-state index in [4.69, 9.17) is 14.2 Å². The van der Waals surface area contributed by atoms with Gasteiger partial charge in [-0.2, -0.15) is 0 Å². The SMILES string of the molecule is CCOC(=O)c1cn(C[C@@H](CC2Cc3ccccc3C2)[C@H](O)c2cc(OC)c(C)c(OC)c2)cc1CC(=O)O. The van der Waals surface area contributed by atoms with Crippen LogP contribution in [0.3, 0.4) is 0 Å². The fraction of sp³-hybridized carbons (Fsp3) is 0.419. The molecule has 8 heteroatoms. The second-order valence-corrected chi connectivity index (χ2v) is 10.2. The Morgan fingerprint density at radius 2 is 1.67 bits per heavy atom. The topological polar surface area (TPSA) is 107 Å². The van der Waals surface area contributed by atoms with E-state index in [9.17, 15) is 19.8 Å². The number of carboxylic acids is 1. The van der Waals surface area contributed by atoms with Crippen LogP contribution < -0.4 is 9.47 Å². The first-order valence-electron chi connectivity index (χ1n) is 13.3. The fourth-order valence-corrected chi connectivity index (χ4v) is 5.73. The second-order valence-electron chi connectivity index (χ2n) is 10.2. The van der Waals surface area contributed by atoms with Crippen molar-refractivity contribution in [1.82, 2.24) is 4.57 Å². The van der Waals surface area contributed by atoms with Crippen LogP contribution in [0.15, 0.2) is 48.8 Å². The number of nitrogens with zero attached hydrogens (tertiary/aromatic N) is 1. The zero-order chi connectivity index (χ0) is 28.1. The van der Waals surface area contributed by atoms with E-state index in [2.05, 4.69) is 24.3 Å². The highest BCUT2D eigenvalue weighted by molar-refractivity contribution is 5.92. The molecule has 0 fully saturated rings. The van der Waals surface area contributed by atoms with E-state index >= 15 is 0 Å². The molecule has 3 aromatic rings. The number of benzene rings is 2. The van der Waals surface area contributed by atoms with Crippen LogP contribution in [-0.2, 0) is 35.3 Å². The van der Waals surface area contributed by atoms with E-state index in [0.29, 0.717) is 35.1 Å². The van der Waals surface area contributed by atoms with Crippen molar-refractivity contribution >= 4 is 11.9 Å². The van der Waals surface area contributed by atoms with Gasteiger partial charge in [0.05, 0.1) is 38.9 Å². The molecule has 2 N–H and O–H groups in total. The van der Waals surface area contributed by atoms with Gasteiger partial charge in [0.2, 0.25) is 0 Å². The van der Waals surface area contributed by atoms with E-state index in [-0.39, 0.29) is 24.5 Å². The summed E-state index contributed by atoms with van der Waals surface area (Å²) in [6, 6.07) is 12.1. The lowest BCUT2D eigenvalue weighted by Crippen LogP contribution is -2.22. The van der Waals surface area contributed by atoms with Crippen LogP contribution in [-0.4, -0.2) is 47.5 Å². The summed E-state index contributed by atoms with van der Waals surface area (Å²) in [4.78, 5) is 24.1. The average Bonchev–Trinajstić information content (AvgIpc) is 3.51. The van der Waals surface area contributed by atoms with Crippen LogP contribution in [0.1, 0.15) is 57.6 Å². The summed E-state index contributed by atoms with van der Waals surface area (Å²) in [5, 5.41) is 21.2. The number of carbonyl (C=O) groups excluding carboxylic acids is 1. The predicted molar refractivity (Wildman–Crippen MR) is 146 cm³/mol. The Morgan fingerprint density at radius 3 is 2.21 bits per heavy atom. The maximum atomic E-state index is 12.6. The van der Waals surface area contributed by atoms with Gasteiger partial charge in [-0.3, -0.25) is 4.79 Å². The first-order valence-corrected chi connectivity index (χ1v) is 13.3. The minimum absolute atomic E-state index is 0.192. The van der Waals surface area contributed by atoms with Crippen LogP contribution in [0.5, 0.6) is 11.5 Å². The minimum atomic E-state index is -1.03. The average molecular weight is 536 g/mol. The number of hydrogen-bond acceptors (Lipinski definition) is 6. The molecular weight excluding hydrogens is 498 g/mol. The number of aliphatic carboxylic acids is 1. The summed E-state index contributed by atoms with van der Waals surface area (Å²) in [5.41, 5.74) is 4.83. The molecule has 8 nitrogen and oxygen atoms in total. The van der Waals surface area contributed by atoms with Crippen molar-refractivity contribution in [2.75, 3.05) is 20.8 Å². The molecule has 0 aliphatic heterocycles. The van der Waals surface area contributed by atoms with Crippen molar-refractivity contribution in [2.45, 2.75) is 52.2 Å². The maximum Gasteiger partial charge on any atom is 0.339 e. The van der Waals surface area contributed by atoms with E-state index in [1.165, 1.54) is 11.1 Å². The van der Waals surface area contributed by atoms with Crippen LogP contribution in [0.2, 0.25) is 0 Å². The Labute approximate surface area is 229 Å². The van der Waals surface area contributed by atoms with Gasteiger partial charge in [0.15, 0.2) is 0 Å². The highest BCUT2D eigenvalue weighted by Gasteiger charge is 2.30. The molecule has 0 bridgehead atoms. The molecule has 1 heterocycles. The van der Waals surface area contributed by atoms with E-state index in [1.54, 1.807) is 33.5 Å². The molecule has 0 amide bonds. The van der Waals surface area contributed by atoms with Gasteiger partial charge in [-0.1, -0.05) is 24.3 Å². The highest BCUT2D eigenvalue weighted by atomic mass is 16.5. The molecule has 0 radical (unpaired) electrons. The fourth-order valence-electron chi connectivity index (χ4n) is 5.73. The van der Waals surface area contributed by atoms with Crippen molar-refractivity contribution < 1.29 is 34.0 Å². The molecule has 39 heavy (non-hydrogen) atoms. The van der Waals surface area contributed by atoms with Crippen molar-refractivity contribution in [3.8, 4) is 11.5 Å². The lowest BCUT2D eigenvalue weighted by Gasteiger charge is -2.27. The number of rotatable bonds is 12. The standard InChI is InChI=1S/C31H37NO7/c1-5-39-31(36)26-18-32(16-24(26)15-29(33)34)17-25(12-20-10-21-8-6-7-9-22(21)11-20)30(35)23-13-27(37-3)19(2)28(14-23)38-4/h6-9,13-14,16,18,20,25,30,35H,5,10-12,15,17H2,1-4H3,(H,33,34)/t25-,30-/m1/s1. The summed E-state index contributed by atoms with van der Waals surface area (Å²) < 4.78 is 18.1. The van der Waals surface area contributed by atoms with Gasteiger partial charge in [0.25, 0.3) is 0 Å². The van der Waals surface area contributed by atoms with Gasteiger partial charge >= 0.3 is 11.9 Å². The van der Waals surface area contributed by atoms with Crippen molar-refractivity contribution in [2.24, 2.45) is 11.8 Å². The molecule has 1 aliphatic carbocycles. The lowest BCUT2D eigenvalue weighted by molar-refractivity contribution is -0.136. The number of carbonyl (C=O) groups is 2. The van der Waals surface area contributed by atoms with E-state index in [0.717, 1.165) is 24.8 Å². The number of esters is 1. The number of methoxy groups -OCH3 is 2. The summed E-state index contributed by atoms with van der Waals surface area (Å²) in [7, 11) is 3.18. The molecule has 0 saturated heterocycles. The number of ether oxygens (including phenoxy) is 3.